The van der Waals surface area contributed by atoms with Crippen LogP contribution in [0.4, 0.5) is 0 Å². The Morgan fingerprint density at radius 1 is 1.00 bits per heavy atom. The van der Waals surface area contributed by atoms with E-state index in [0.29, 0.717) is 0 Å². The van der Waals surface area contributed by atoms with Gasteiger partial charge in [-0.25, -0.2) is 0 Å². The predicted molar refractivity (Wildman–Crippen MR) is 59.7 cm³/mol. The predicted octanol–water partition coefficient (Wildman–Crippen LogP) is 4.49. The molecule has 0 heteroatoms. The molecule has 0 amide bonds. The normalized spacial score (nSPS) is 39.7. The van der Waals surface area contributed by atoms with Crippen LogP contribution in [0.2, 0.25) is 0 Å². The van der Waals surface area contributed by atoms with Crippen molar-refractivity contribution in [2.75, 3.05) is 0 Å². The molecule has 1 aliphatic rings. The molecule has 0 aliphatic heterocycles. The lowest BCUT2D eigenvalue weighted by atomic mass is 9.82. The lowest BCUT2D eigenvalue weighted by Gasteiger charge is -2.24. The van der Waals surface area contributed by atoms with Gasteiger partial charge >= 0.3 is 0 Å². The Balaban J connectivity index is 2.59. The van der Waals surface area contributed by atoms with Gasteiger partial charge < -0.3 is 0 Å². The van der Waals surface area contributed by atoms with Crippen LogP contribution >= 0.6 is 0 Å². The minimum Gasteiger partial charge on any atom is -0.0654 e. The van der Waals surface area contributed by atoms with Crippen molar-refractivity contribution in [2.24, 2.45) is 23.7 Å². The van der Waals surface area contributed by atoms with Gasteiger partial charge in [0.1, 0.15) is 0 Å². The van der Waals surface area contributed by atoms with Crippen molar-refractivity contribution in [2.45, 2.75) is 59.8 Å². The summed E-state index contributed by atoms with van der Waals surface area (Å²) >= 11 is 0. The van der Waals surface area contributed by atoms with Gasteiger partial charge in [0.15, 0.2) is 0 Å². The molecule has 0 aromatic carbocycles. The Kier molecular flexibility index (Phi) is 4.28. The molecule has 1 fully saturated rings. The largest absolute Gasteiger partial charge is 0.0654 e. The second-order valence-corrected chi connectivity index (χ2v) is 4.91. The monoisotopic (exact) mass is 182 g/mol. The maximum atomic E-state index is 2.47. The van der Waals surface area contributed by atoms with Gasteiger partial charge in [-0.05, 0) is 30.1 Å². The summed E-state index contributed by atoms with van der Waals surface area (Å²) in [4.78, 5) is 0. The maximum Gasteiger partial charge on any atom is -0.0357 e. The summed E-state index contributed by atoms with van der Waals surface area (Å²) in [6.45, 7) is 9.56. The quantitative estimate of drug-likeness (QED) is 0.600. The molecule has 0 saturated heterocycles. The standard InChI is InChI=1S/C13H26/c1-5-8-13-10(4)9-11(6-2)12(13)7-3/h10-13H,5-9H2,1-4H3. The van der Waals surface area contributed by atoms with E-state index in [4.69, 9.17) is 0 Å². The van der Waals surface area contributed by atoms with E-state index in [1.54, 1.807) is 0 Å². The van der Waals surface area contributed by atoms with Crippen LogP contribution < -0.4 is 0 Å². The van der Waals surface area contributed by atoms with Crippen LogP contribution in [0.1, 0.15) is 59.8 Å². The lowest BCUT2D eigenvalue weighted by molar-refractivity contribution is 0.260. The minimum absolute atomic E-state index is 0.995. The molecule has 0 heterocycles. The van der Waals surface area contributed by atoms with E-state index in [1.807, 2.05) is 0 Å². The molecule has 13 heavy (non-hydrogen) atoms. The topological polar surface area (TPSA) is 0 Å². The summed E-state index contributed by atoms with van der Waals surface area (Å²) in [5.41, 5.74) is 0. The first kappa shape index (κ1) is 11.1. The third-order valence-electron chi connectivity index (χ3n) is 4.18. The first-order valence-corrected chi connectivity index (χ1v) is 6.24. The fraction of sp³-hybridized carbons (Fsp3) is 1.00. The Bertz CT molecular complexity index is 139. The number of hydrogen-bond donors (Lipinski definition) is 0. The molecule has 4 unspecified atom stereocenters. The van der Waals surface area contributed by atoms with Crippen molar-refractivity contribution in [3.63, 3.8) is 0 Å². The molecular weight excluding hydrogens is 156 g/mol. The van der Waals surface area contributed by atoms with Crippen LogP contribution in [-0.2, 0) is 0 Å². The molecule has 0 radical (unpaired) electrons. The van der Waals surface area contributed by atoms with Crippen molar-refractivity contribution in [3.05, 3.63) is 0 Å². The fourth-order valence-corrected chi connectivity index (χ4v) is 3.54. The molecule has 0 N–H and O–H groups in total. The van der Waals surface area contributed by atoms with Crippen LogP contribution in [0.15, 0.2) is 0 Å². The highest BCUT2D eigenvalue weighted by Gasteiger charge is 2.37. The van der Waals surface area contributed by atoms with Crippen molar-refractivity contribution in [1.82, 2.24) is 0 Å². The molecule has 0 aromatic rings. The summed E-state index contributed by atoms with van der Waals surface area (Å²) in [7, 11) is 0. The molecular formula is C13H26. The average molecular weight is 182 g/mol. The summed E-state index contributed by atoms with van der Waals surface area (Å²) < 4.78 is 0. The molecule has 4 atom stereocenters. The van der Waals surface area contributed by atoms with Crippen LogP contribution in [0.3, 0.4) is 0 Å². The van der Waals surface area contributed by atoms with Gasteiger partial charge in [-0.2, -0.15) is 0 Å². The first-order chi connectivity index (χ1) is 6.24. The highest BCUT2D eigenvalue weighted by molar-refractivity contribution is 4.87. The zero-order valence-corrected chi connectivity index (χ0v) is 9.84. The molecule has 1 aliphatic carbocycles. The van der Waals surface area contributed by atoms with E-state index < -0.39 is 0 Å². The van der Waals surface area contributed by atoms with Gasteiger partial charge in [-0.3, -0.25) is 0 Å². The average Bonchev–Trinajstić information content (AvgIpc) is 2.44. The molecule has 1 rings (SSSR count). The van der Waals surface area contributed by atoms with Crippen LogP contribution in [-0.4, -0.2) is 0 Å². The van der Waals surface area contributed by atoms with Crippen molar-refractivity contribution in [3.8, 4) is 0 Å². The number of rotatable bonds is 4. The van der Waals surface area contributed by atoms with Crippen molar-refractivity contribution in [1.29, 1.82) is 0 Å². The van der Waals surface area contributed by atoms with E-state index in [2.05, 4.69) is 27.7 Å². The fourth-order valence-electron chi connectivity index (χ4n) is 3.54. The highest BCUT2D eigenvalue weighted by atomic mass is 14.4. The van der Waals surface area contributed by atoms with Gasteiger partial charge in [0.25, 0.3) is 0 Å². The summed E-state index contributed by atoms with van der Waals surface area (Å²) in [5.74, 6) is 4.12. The van der Waals surface area contributed by atoms with E-state index in [1.165, 1.54) is 32.1 Å². The van der Waals surface area contributed by atoms with Gasteiger partial charge in [0.05, 0.1) is 0 Å². The number of hydrogen-bond acceptors (Lipinski definition) is 0. The van der Waals surface area contributed by atoms with E-state index in [0.717, 1.165) is 23.7 Å². The highest BCUT2D eigenvalue weighted by Crippen LogP contribution is 2.46. The van der Waals surface area contributed by atoms with E-state index >= 15 is 0 Å². The molecule has 0 spiro atoms. The molecule has 0 bridgehead atoms. The summed E-state index contributed by atoms with van der Waals surface area (Å²) in [6.07, 6.45) is 7.16. The summed E-state index contributed by atoms with van der Waals surface area (Å²) in [5, 5.41) is 0. The Hall–Kier alpha value is 0. The maximum absolute atomic E-state index is 2.47. The molecule has 0 aromatic heterocycles. The molecule has 0 nitrogen and oxygen atoms in total. The van der Waals surface area contributed by atoms with Gasteiger partial charge in [-0.1, -0.05) is 53.4 Å². The molecule has 78 valence electrons. The van der Waals surface area contributed by atoms with Crippen LogP contribution in [0.25, 0.3) is 0 Å². The third kappa shape index (κ3) is 2.27. The molecule has 1 saturated carbocycles. The SMILES string of the molecule is CCCC1C(C)CC(CC)C1CC. The Morgan fingerprint density at radius 3 is 2.15 bits per heavy atom. The minimum atomic E-state index is 0.995. The zero-order chi connectivity index (χ0) is 9.84. The van der Waals surface area contributed by atoms with Gasteiger partial charge in [-0.15, -0.1) is 0 Å². The summed E-state index contributed by atoms with van der Waals surface area (Å²) in [6, 6.07) is 0. The Labute approximate surface area is 84.1 Å². The van der Waals surface area contributed by atoms with E-state index in [-0.39, 0.29) is 0 Å². The Morgan fingerprint density at radius 2 is 1.69 bits per heavy atom. The zero-order valence-electron chi connectivity index (χ0n) is 9.84. The second-order valence-electron chi connectivity index (χ2n) is 4.91. The smallest absolute Gasteiger partial charge is 0.0357 e. The third-order valence-corrected chi connectivity index (χ3v) is 4.18. The van der Waals surface area contributed by atoms with Crippen LogP contribution in [0, 0.1) is 23.7 Å². The first-order valence-electron chi connectivity index (χ1n) is 6.24. The van der Waals surface area contributed by atoms with Crippen LogP contribution in [0.5, 0.6) is 0 Å². The van der Waals surface area contributed by atoms with E-state index in [9.17, 15) is 0 Å². The van der Waals surface area contributed by atoms with Crippen molar-refractivity contribution < 1.29 is 0 Å². The van der Waals surface area contributed by atoms with Crippen molar-refractivity contribution >= 4 is 0 Å². The lowest BCUT2D eigenvalue weighted by Crippen LogP contribution is -2.15. The second kappa shape index (κ2) is 5.02. The van der Waals surface area contributed by atoms with Gasteiger partial charge in [0.2, 0.25) is 0 Å². The van der Waals surface area contributed by atoms with Gasteiger partial charge in [0, 0.05) is 0 Å².